The van der Waals surface area contributed by atoms with E-state index in [0.29, 0.717) is 18.6 Å². The molecule has 18 heavy (non-hydrogen) atoms. The van der Waals surface area contributed by atoms with E-state index in [1.54, 1.807) is 13.2 Å². The summed E-state index contributed by atoms with van der Waals surface area (Å²) < 4.78 is 42.6. The van der Waals surface area contributed by atoms with E-state index in [4.69, 9.17) is 10.6 Å². The summed E-state index contributed by atoms with van der Waals surface area (Å²) in [6, 6.07) is 4.89. The van der Waals surface area contributed by atoms with Gasteiger partial charge in [-0.25, -0.2) is 0 Å². The minimum atomic E-state index is -4.33. The number of nitrogens with one attached hydrogen (secondary N) is 1. The minimum absolute atomic E-state index is 0.303. The van der Waals surface area contributed by atoms with Crippen LogP contribution in [-0.4, -0.2) is 13.7 Å². The van der Waals surface area contributed by atoms with Crippen molar-refractivity contribution in [2.24, 2.45) is 5.84 Å². The van der Waals surface area contributed by atoms with Crippen molar-refractivity contribution < 1.29 is 17.9 Å². The average Bonchev–Trinajstić information content (AvgIpc) is 2.34. The lowest BCUT2D eigenvalue weighted by Gasteiger charge is -2.17. The number of hydrogen-bond acceptors (Lipinski definition) is 3. The number of rotatable bonds is 6. The van der Waals surface area contributed by atoms with Gasteiger partial charge >= 0.3 is 6.18 Å². The van der Waals surface area contributed by atoms with Crippen LogP contribution in [0.1, 0.15) is 30.0 Å². The third-order valence-electron chi connectivity index (χ3n) is 2.66. The molecule has 0 saturated carbocycles. The largest absolute Gasteiger partial charge is 0.416 e. The molecule has 0 saturated heterocycles. The lowest BCUT2D eigenvalue weighted by molar-refractivity contribution is -0.137. The second-order valence-corrected chi connectivity index (χ2v) is 3.98. The molecule has 1 aromatic rings. The van der Waals surface area contributed by atoms with E-state index >= 15 is 0 Å². The van der Waals surface area contributed by atoms with E-state index in [-0.39, 0.29) is 6.04 Å². The Labute approximate surface area is 104 Å². The first kappa shape index (κ1) is 14.9. The Balaban J connectivity index is 2.79. The van der Waals surface area contributed by atoms with Gasteiger partial charge in [-0.2, -0.15) is 13.2 Å². The summed E-state index contributed by atoms with van der Waals surface area (Å²) in [6.07, 6.45) is -2.99. The molecule has 102 valence electrons. The fraction of sp³-hybridized carbons (Fsp3) is 0.500. The van der Waals surface area contributed by atoms with Crippen molar-refractivity contribution in [2.45, 2.75) is 25.1 Å². The Kier molecular flexibility index (Phi) is 5.58. The molecule has 0 spiro atoms. The van der Waals surface area contributed by atoms with Crippen LogP contribution in [0.5, 0.6) is 0 Å². The first-order chi connectivity index (χ1) is 8.49. The summed E-state index contributed by atoms with van der Waals surface area (Å²) in [7, 11) is 1.58. The molecule has 0 amide bonds. The van der Waals surface area contributed by atoms with Gasteiger partial charge in [-0.3, -0.25) is 11.3 Å². The van der Waals surface area contributed by atoms with Crippen molar-refractivity contribution in [3.8, 4) is 0 Å². The summed E-state index contributed by atoms with van der Waals surface area (Å²) >= 11 is 0. The summed E-state index contributed by atoms with van der Waals surface area (Å²) in [6.45, 7) is 0.553. The van der Waals surface area contributed by atoms with Gasteiger partial charge in [0.15, 0.2) is 0 Å². The van der Waals surface area contributed by atoms with Gasteiger partial charge in [-0.05, 0) is 30.5 Å². The Morgan fingerprint density at radius 1 is 1.39 bits per heavy atom. The number of nitrogens with two attached hydrogens (primary N) is 1. The van der Waals surface area contributed by atoms with Gasteiger partial charge in [0.25, 0.3) is 0 Å². The number of methoxy groups -OCH3 is 1. The number of hydrazine groups is 1. The van der Waals surface area contributed by atoms with Crippen LogP contribution >= 0.6 is 0 Å². The van der Waals surface area contributed by atoms with E-state index in [0.717, 1.165) is 18.6 Å². The van der Waals surface area contributed by atoms with Crippen LogP contribution in [0.25, 0.3) is 0 Å². The van der Waals surface area contributed by atoms with Crippen molar-refractivity contribution in [1.29, 1.82) is 0 Å². The molecular formula is C12H17F3N2O. The van der Waals surface area contributed by atoms with Gasteiger partial charge < -0.3 is 4.74 Å². The highest BCUT2D eigenvalue weighted by Gasteiger charge is 2.30. The summed E-state index contributed by atoms with van der Waals surface area (Å²) in [5, 5.41) is 0. The molecule has 0 bridgehead atoms. The van der Waals surface area contributed by atoms with E-state index in [9.17, 15) is 13.2 Å². The standard InChI is InChI=1S/C12H17F3N2O/c1-18-7-3-6-11(17-16)9-4-2-5-10(8-9)12(13,14)15/h2,4-5,8,11,17H,3,6-7,16H2,1H3. The van der Waals surface area contributed by atoms with Gasteiger partial charge in [0, 0.05) is 19.8 Å². The van der Waals surface area contributed by atoms with Crippen molar-refractivity contribution in [3.05, 3.63) is 35.4 Å². The lowest BCUT2D eigenvalue weighted by atomic mass is 10.0. The fourth-order valence-electron chi connectivity index (χ4n) is 1.71. The third kappa shape index (κ3) is 4.29. The Bertz CT molecular complexity index is 369. The molecule has 1 atom stereocenters. The molecule has 0 radical (unpaired) electrons. The summed E-state index contributed by atoms with van der Waals surface area (Å²) in [4.78, 5) is 0. The molecule has 0 aromatic heterocycles. The van der Waals surface area contributed by atoms with Crippen LogP contribution in [-0.2, 0) is 10.9 Å². The van der Waals surface area contributed by atoms with Gasteiger partial charge in [-0.1, -0.05) is 12.1 Å². The van der Waals surface area contributed by atoms with Gasteiger partial charge in [0.05, 0.1) is 5.56 Å². The average molecular weight is 262 g/mol. The lowest BCUT2D eigenvalue weighted by Crippen LogP contribution is -2.28. The number of halogens is 3. The van der Waals surface area contributed by atoms with Crippen LogP contribution in [0, 0.1) is 0 Å². The highest BCUT2D eigenvalue weighted by Crippen LogP contribution is 2.31. The van der Waals surface area contributed by atoms with Crippen LogP contribution in [0.4, 0.5) is 13.2 Å². The van der Waals surface area contributed by atoms with E-state index in [2.05, 4.69) is 5.43 Å². The fourth-order valence-corrected chi connectivity index (χ4v) is 1.71. The molecule has 6 heteroatoms. The predicted octanol–water partition coefficient (Wildman–Crippen LogP) is 2.64. The predicted molar refractivity (Wildman–Crippen MR) is 62.6 cm³/mol. The second kappa shape index (κ2) is 6.72. The Hall–Kier alpha value is -1.11. The first-order valence-corrected chi connectivity index (χ1v) is 5.61. The molecule has 3 N–H and O–H groups in total. The highest BCUT2D eigenvalue weighted by atomic mass is 19.4. The SMILES string of the molecule is COCCCC(NN)c1cccc(C(F)(F)F)c1. The van der Waals surface area contributed by atoms with Crippen LogP contribution in [0.2, 0.25) is 0 Å². The van der Waals surface area contributed by atoms with Crippen molar-refractivity contribution >= 4 is 0 Å². The zero-order chi connectivity index (χ0) is 13.6. The topological polar surface area (TPSA) is 47.3 Å². The summed E-state index contributed by atoms with van der Waals surface area (Å²) in [5.74, 6) is 5.37. The molecular weight excluding hydrogens is 245 g/mol. The third-order valence-corrected chi connectivity index (χ3v) is 2.66. The molecule has 1 aromatic carbocycles. The highest BCUT2D eigenvalue weighted by molar-refractivity contribution is 5.27. The van der Waals surface area contributed by atoms with Gasteiger partial charge in [0.2, 0.25) is 0 Å². The van der Waals surface area contributed by atoms with Crippen LogP contribution in [0.3, 0.4) is 0 Å². The van der Waals surface area contributed by atoms with E-state index in [1.165, 1.54) is 6.07 Å². The molecule has 3 nitrogen and oxygen atoms in total. The minimum Gasteiger partial charge on any atom is -0.385 e. The van der Waals surface area contributed by atoms with Crippen molar-refractivity contribution in [1.82, 2.24) is 5.43 Å². The zero-order valence-corrected chi connectivity index (χ0v) is 10.1. The molecule has 1 rings (SSSR count). The second-order valence-electron chi connectivity index (χ2n) is 3.98. The Morgan fingerprint density at radius 3 is 2.67 bits per heavy atom. The first-order valence-electron chi connectivity index (χ1n) is 5.61. The monoisotopic (exact) mass is 262 g/mol. The van der Waals surface area contributed by atoms with Crippen LogP contribution in [0.15, 0.2) is 24.3 Å². The maximum atomic E-state index is 12.6. The molecule has 1 unspecified atom stereocenters. The molecule has 0 heterocycles. The van der Waals surface area contributed by atoms with Gasteiger partial charge in [0.1, 0.15) is 0 Å². The molecule has 0 aliphatic carbocycles. The number of benzene rings is 1. The van der Waals surface area contributed by atoms with E-state index in [1.807, 2.05) is 0 Å². The zero-order valence-electron chi connectivity index (χ0n) is 10.1. The maximum Gasteiger partial charge on any atom is 0.416 e. The number of ether oxygens (including phenoxy) is 1. The van der Waals surface area contributed by atoms with E-state index < -0.39 is 11.7 Å². The van der Waals surface area contributed by atoms with Crippen molar-refractivity contribution in [2.75, 3.05) is 13.7 Å². The van der Waals surface area contributed by atoms with Gasteiger partial charge in [-0.15, -0.1) is 0 Å². The maximum absolute atomic E-state index is 12.6. The molecule has 0 aliphatic heterocycles. The number of alkyl halides is 3. The quantitative estimate of drug-likeness (QED) is 0.470. The smallest absolute Gasteiger partial charge is 0.385 e. The summed E-state index contributed by atoms with van der Waals surface area (Å²) in [5.41, 5.74) is 2.40. The Morgan fingerprint density at radius 2 is 2.11 bits per heavy atom. The van der Waals surface area contributed by atoms with Crippen LogP contribution < -0.4 is 11.3 Å². The molecule has 0 fully saturated rings. The number of hydrogen-bond donors (Lipinski definition) is 2. The molecule has 0 aliphatic rings. The van der Waals surface area contributed by atoms with Crippen molar-refractivity contribution in [3.63, 3.8) is 0 Å². The normalized spacial score (nSPS) is 13.6.